The lowest BCUT2D eigenvalue weighted by molar-refractivity contribution is -0.0198. The van der Waals surface area contributed by atoms with E-state index in [0.29, 0.717) is 18.4 Å². The molecule has 1 fully saturated rings. The van der Waals surface area contributed by atoms with Crippen LogP contribution >= 0.6 is 0 Å². The van der Waals surface area contributed by atoms with Crippen molar-refractivity contribution in [1.29, 1.82) is 0 Å². The molecule has 0 aromatic heterocycles. The normalized spacial score (nSPS) is 22.4. The summed E-state index contributed by atoms with van der Waals surface area (Å²) in [6.07, 6.45) is 4.04. The van der Waals surface area contributed by atoms with Gasteiger partial charge in [0.2, 0.25) is 5.90 Å². The number of methoxy groups -OCH3 is 1. The Morgan fingerprint density at radius 1 is 1.38 bits per heavy atom. The summed E-state index contributed by atoms with van der Waals surface area (Å²) in [4.78, 5) is 9.85. The van der Waals surface area contributed by atoms with Gasteiger partial charge in [-0.25, -0.2) is 4.99 Å². The molecular weight excluding hydrogens is 270 g/mol. The summed E-state index contributed by atoms with van der Waals surface area (Å²) in [7, 11) is 1.63. The van der Waals surface area contributed by atoms with Crippen molar-refractivity contribution in [1.82, 2.24) is 10.8 Å². The van der Waals surface area contributed by atoms with Gasteiger partial charge in [-0.15, -0.1) is 0 Å². The van der Waals surface area contributed by atoms with Crippen molar-refractivity contribution in [2.24, 2.45) is 10.9 Å². The molecule has 0 aromatic rings. The van der Waals surface area contributed by atoms with Gasteiger partial charge < -0.3 is 19.6 Å². The van der Waals surface area contributed by atoms with Crippen molar-refractivity contribution in [3.8, 4) is 0 Å². The van der Waals surface area contributed by atoms with Crippen LogP contribution in [0.4, 0.5) is 0 Å². The largest absolute Gasteiger partial charge is 0.483 e. The zero-order valence-electron chi connectivity index (χ0n) is 13.6. The Hall–Kier alpha value is -1.11. The highest BCUT2D eigenvalue weighted by atomic mass is 16.6. The Kier molecular flexibility index (Phi) is 9.05. The fourth-order valence-corrected chi connectivity index (χ4v) is 2.14. The highest BCUT2D eigenvalue weighted by Gasteiger charge is 2.19. The van der Waals surface area contributed by atoms with Gasteiger partial charge in [-0.1, -0.05) is 13.8 Å². The van der Waals surface area contributed by atoms with Gasteiger partial charge in [0.1, 0.15) is 6.04 Å². The quantitative estimate of drug-likeness (QED) is 0.599. The molecular formula is C15H29N3O3. The summed E-state index contributed by atoms with van der Waals surface area (Å²) < 4.78 is 10.6. The third-order valence-electron chi connectivity index (χ3n) is 3.34. The van der Waals surface area contributed by atoms with Crippen LogP contribution in [0.25, 0.3) is 0 Å². The molecule has 1 saturated heterocycles. The summed E-state index contributed by atoms with van der Waals surface area (Å²) in [6, 6.07) is 0.0170. The Balaban J connectivity index is 0.00000106. The van der Waals surface area contributed by atoms with Crippen LogP contribution in [0, 0.1) is 5.92 Å². The van der Waals surface area contributed by atoms with Gasteiger partial charge in [0, 0.05) is 19.4 Å². The van der Waals surface area contributed by atoms with Gasteiger partial charge in [0.15, 0.2) is 0 Å². The highest BCUT2D eigenvalue weighted by Crippen LogP contribution is 2.14. The lowest BCUT2D eigenvalue weighted by Crippen LogP contribution is -2.45. The van der Waals surface area contributed by atoms with Crippen LogP contribution in [0.5, 0.6) is 0 Å². The molecule has 0 radical (unpaired) electrons. The summed E-state index contributed by atoms with van der Waals surface area (Å²) >= 11 is 0. The number of aliphatic imine (C=N–C) groups is 1. The second-order valence-electron chi connectivity index (χ2n) is 4.87. The van der Waals surface area contributed by atoms with E-state index in [0.717, 1.165) is 38.4 Å². The molecule has 0 aromatic carbocycles. The predicted molar refractivity (Wildman–Crippen MR) is 84.0 cm³/mol. The summed E-state index contributed by atoms with van der Waals surface area (Å²) in [5.41, 5.74) is 3.90. The van der Waals surface area contributed by atoms with Crippen LogP contribution in [0.3, 0.4) is 0 Å². The van der Waals surface area contributed by atoms with E-state index in [-0.39, 0.29) is 6.04 Å². The minimum Gasteiger partial charge on any atom is -0.483 e. The average Bonchev–Trinajstić information content (AvgIpc) is 2.55. The van der Waals surface area contributed by atoms with Crippen molar-refractivity contribution in [3.05, 3.63) is 11.9 Å². The van der Waals surface area contributed by atoms with Crippen LogP contribution < -0.4 is 10.8 Å². The van der Waals surface area contributed by atoms with Crippen LogP contribution in [0.15, 0.2) is 16.9 Å². The highest BCUT2D eigenvalue weighted by molar-refractivity contribution is 5.83. The molecule has 2 heterocycles. The number of rotatable bonds is 5. The summed E-state index contributed by atoms with van der Waals surface area (Å²) in [6.45, 7) is 8.98. The Labute approximate surface area is 127 Å². The maximum atomic E-state index is 5.52. The first kappa shape index (κ1) is 17.9. The van der Waals surface area contributed by atoms with Gasteiger partial charge in [0.05, 0.1) is 26.0 Å². The first-order valence-electron chi connectivity index (χ1n) is 7.77. The van der Waals surface area contributed by atoms with Gasteiger partial charge in [0.25, 0.3) is 0 Å². The number of hydroxylamine groups is 1. The molecule has 0 bridgehead atoms. The van der Waals surface area contributed by atoms with Crippen molar-refractivity contribution in [3.63, 3.8) is 0 Å². The second-order valence-corrected chi connectivity index (χ2v) is 4.87. The smallest absolute Gasteiger partial charge is 0.212 e. The molecule has 2 rings (SSSR count). The average molecular weight is 299 g/mol. The van der Waals surface area contributed by atoms with E-state index in [9.17, 15) is 0 Å². The molecule has 6 heteroatoms. The minimum absolute atomic E-state index is 0.0170. The van der Waals surface area contributed by atoms with Crippen LogP contribution in [0.1, 0.15) is 33.6 Å². The van der Waals surface area contributed by atoms with Crippen molar-refractivity contribution in [2.45, 2.75) is 39.7 Å². The standard InChI is InChI=1S/C13H23N3O3.C2H6/c1-10-7-14-12(13(16-10)17-2)8-15-19-9-11-3-5-18-6-4-11;1-2/h7,11-12,14-15H,3-6,8-9H2,1-2H3;1-2H3. The fraction of sp³-hybridized carbons (Fsp3) is 0.800. The van der Waals surface area contributed by atoms with Gasteiger partial charge in [-0.2, -0.15) is 5.48 Å². The molecule has 1 atom stereocenters. The first-order valence-corrected chi connectivity index (χ1v) is 7.77. The third-order valence-corrected chi connectivity index (χ3v) is 3.34. The van der Waals surface area contributed by atoms with E-state index >= 15 is 0 Å². The second kappa shape index (κ2) is 10.6. The maximum Gasteiger partial charge on any atom is 0.212 e. The van der Waals surface area contributed by atoms with Crippen molar-refractivity contribution < 1.29 is 14.3 Å². The van der Waals surface area contributed by atoms with Crippen LogP contribution in [-0.2, 0) is 14.3 Å². The Morgan fingerprint density at radius 3 is 2.76 bits per heavy atom. The molecule has 6 nitrogen and oxygen atoms in total. The zero-order chi connectivity index (χ0) is 15.5. The SMILES string of the molecule is CC.COC1=NC(C)=CNC1CNOCC1CCOCC1. The molecule has 0 spiro atoms. The van der Waals surface area contributed by atoms with E-state index in [1.165, 1.54) is 0 Å². The van der Waals surface area contributed by atoms with Crippen molar-refractivity contribution >= 4 is 5.90 Å². The van der Waals surface area contributed by atoms with E-state index in [1.807, 2.05) is 27.0 Å². The predicted octanol–water partition coefficient (Wildman–Crippen LogP) is 1.84. The molecule has 1 unspecified atom stereocenters. The molecule has 2 N–H and O–H groups in total. The monoisotopic (exact) mass is 299 g/mol. The number of nitrogens with one attached hydrogen (secondary N) is 2. The van der Waals surface area contributed by atoms with Crippen molar-refractivity contribution in [2.75, 3.05) is 33.5 Å². The van der Waals surface area contributed by atoms with E-state index in [2.05, 4.69) is 15.8 Å². The van der Waals surface area contributed by atoms with Crippen LogP contribution in [-0.4, -0.2) is 45.4 Å². The first-order chi connectivity index (χ1) is 10.3. The lowest BCUT2D eigenvalue weighted by Gasteiger charge is -2.24. The van der Waals surface area contributed by atoms with Gasteiger partial charge in [-0.05, 0) is 25.7 Å². The lowest BCUT2D eigenvalue weighted by atomic mass is 10.0. The number of nitrogens with zero attached hydrogens (tertiary/aromatic N) is 1. The molecule has 2 aliphatic heterocycles. The Bertz CT molecular complexity index is 339. The minimum atomic E-state index is 0.0170. The molecule has 0 saturated carbocycles. The maximum absolute atomic E-state index is 5.52. The van der Waals surface area contributed by atoms with E-state index in [4.69, 9.17) is 14.3 Å². The molecule has 122 valence electrons. The van der Waals surface area contributed by atoms with E-state index < -0.39 is 0 Å². The van der Waals surface area contributed by atoms with Crippen LogP contribution in [0.2, 0.25) is 0 Å². The molecule has 21 heavy (non-hydrogen) atoms. The zero-order valence-corrected chi connectivity index (χ0v) is 13.6. The van der Waals surface area contributed by atoms with E-state index in [1.54, 1.807) is 7.11 Å². The van der Waals surface area contributed by atoms with Gasteiger partial charge in [-0.3, -0.25) is 0 Å². The molecule has 0 amide bonds. The number of allylic oxidation sites excluding steroid dienone is 1. The molecule has 2 aliphatic rings. The number of hydrogen-bond donors (Lipinski definition) is 2. The molecule has 0 aliphatic carbocycles. The number of ether oxygens (including phenoxy) is 2. The van der Waals surface area contributed by atoms with Gasteiger partial charge >= 0.3 is 0 Å². The topological polar surface area (TPSA) is 64.1 Å². The number of hydrogen-bond acceptors (Lipinski definition) is 6. The fourth-order valence-electron chi connectivity index (χ4n) is 2.14. The summed E-state index contributed by atoms with van der Waals surface area (Å²) in [5, 5.41) is 3.23. The Morgan fingerprint density at radius 2 is 2.10 bits per heavy atom. The summed E-state index contributed by atoms with van der Waals surface area (Å²) in [5.74, 6) is 1.28. The third kappa shape index (κ3) is 6.46.